The van der Waals surface area contributed by atoms with Crippen LogP contribution in [0.1, 0.15) is 41.8 Å². The van der Waals surface area contributed by atoms with Crippen LogP contribution in [0.5, 0.6) is 0 Å². The van der Waals surface area contributed by atoms with Crippen molar-refractivity contribution in [3.63, 3.8) is 0 Å². The normalized spacial score (nSPS) is 21.6. The molecule has 0 unspecified atom stereocenters. The smallest absolute Gasteiger partial charge is 0.348 e. The molecule has 1 saturated heterocycles. The molecule has 2 atom stereocenters. The molecule has 0 bridgehead atoms. The lowest BCUT2D eigenvalue weighted by atomic mass is 10.2. The Kier molecular flexibility index (Phi) is 5.21. The molecule has 0 spiro atoms. The van der Waals surface area contributed by atoms with Crippen LogP contribution in [0.15, 0.2) is 4.79 Å². The Balaban J connectivity index is 1.91. The van der Waals surface area contributed by atoms with Crippen LogP contribution in [-0.2, 0) is 16.0 Å². The Hall–Kier alpha value is -1.77. The third-order valence-corrected chi connectivity index (χ3v) is 5.34. The second-order valence-electron chi connectivity index (χ2n) is 6.42. The molecule has 3 heterocycles. The largest absolute Gasteiger partial charge is 0.462 e. The van der Waals surface area contributed by atoms with Crippen molar-refractivity contribution in [1.29, 1.82) is 0 Å². The summed E-state index contributed by atoms with van der Waals surface area (Å²) >= 11 is 1.21. The van der Waals surface area contributed by atoms with Gasteiger partial charge in [0.05, 0.1) is 30.7 Å². The van der Waals surface area contributed by atoms with Gasteiger partial charge in [0.1, 0.15) is 15.5 Å². The number of aryl methyl sites for hydroxylation is 1. The van der Waals surface area contributed by atoms with E-state index in [9.17, 15) is 9.59 Å². The number of aromatic nitrogens is 2. The molecular formula is C17H23N3O4S. The van der Waals surface area contributed by atoms with Crippen LogP contribution in [0.2, 0.25) is 0 Å². The topological polar surface area (TPSA) is 84.5 Å². The molecule has 1 fully saturated rings. The first-order valence-corrected chi connectivity index (χ1v) is 9.27. The van der Waals surface area contributed by atoms with E-state index in [1.807, 2.05) is 13.8 Å². The standard InChI is InChI=1S/C17H23N3O4S/c1-5-23-17(22)14-11(4)13-15(21)18-12(19-16(13)25-14)8-20-6-9(2)24-10(3)7-20/h9-10H,5-8H2,1-4H3,(H,18,19,21)/t9-,10-/m1/s1. The molecule has 1 aliphatic heterocycles. The number of nitrogens with zero attached hydrogens (tertiary/aromatic N) is 2. The fourth-order valence-corrected chi connectivity index (χ4v) is 4.37. The maximum Gasteiger partial charge on any atom is 0.348 e. The molecule has 136 valence electrons. The quantitative estimate of drug-likeness (QED) is 0.835. The highest BCUT2D eigenvalue weighted by Gasteiger charge is 2.24. The number of hydrogen-bond acceptors (Lipinski definition) is 7. The van der Waals surface area contributed by atoms with Crippen molar-refractivity contribution in [3.05, 3.63) is 26.6 Å². The Labute approximate surface area is 150 Å². The monoisotopic (exact) mass is 365 g/mol. The molecular weight excluding hydrogens is 342 g/mol. The number of fused-ring (bicyclic) bond motifs is 1. The first-order valence-electron chi connectivity index (χ1n) is 8.46. The van der Waals surface area contributed by atoms with Gasteiger partial charge in [0.15, 0.2) is 0 Å². The van der Waals surface area contributed by atoms with Crippen LogP contribution >= 0.6 is 11.3 Å². The fraction of sp³-hybridized carbons (Fsp3) is 0.588. The molecule has 2 aromatic heterocycles. The van der Waals surface area contributed by atoms with Gasteiger partial charge in [0.2, 0.25) is 0 Å². The average Bonchev–Trinajstić information content (AvgIpc) is 2.83. The van der Waals surface area contributed by atoms with Gasteiger partial charge in [0.25, 0.3) is 5.56 Å². The van der Waals surface area contributed by atoms with Crippen LogP contribution < -0.4 is 5.56 Å². The number of thiophene rings is 1. The maximum atomic E-state index is 12.5. The molecule has 2 aromatic rings. The average molecular weight is 365 g/mol. The van der Waals surface area contributed by atoms with Crippen molar-refractivity contribution >= 4 is 27.5 Å². The second kappa shape index (κ2) is 7.23. The summed E-state index contributed by atoms with van der Waals surface area (Å²) in [6.45, 7) is 10.0. The minimum atomic E-state index is -0.403. The Morgan fingerprint density at radius 1 is 1.40 bits per heavy atom. The van der Waals surface area contributed by atoms with Gasteiger partial charge in [-0.25, -0.2) is 9.78 Å². The molecule has 7 nitrogen and oxygen atoms in total. The molecule has 0 aliphatic carbocycles. The summed E-state index contributed by atoms with van der Waals surface area (Å²) in [6.07, 6.45) is 0.303. The van der Waals surface area contributed by atoms with Gasteiger partial charge in [-0.3, -0.25) is 9.69 Å². The number of carbonyl (C=O) groups excluding carboxylic acids is 1. The zero-order valence-electron chi connectivity index (χ0n) is 14.9. The van der Waals surface area contributed by atoms with Crippen molar-refractivity contribution in [2.75, 3.05) is 19.7 Å². The summed E-state index contributed by atoms with van der Waals surface area (Å²) < 4.78 is 10.8. The van der Waals surface area contributed by atoms with E-state index in [-0.39, 0.29) is 17.8 Å². The van der Waals surface area contributed by atoms with Gasteiger partial charge in [-0.15, -0.1) is 11.3 Å². The Morgan fingerprint density at radius 2 is 2.08 bits per heavy atom. The fourth-order valence-electron chi connectivity index (χ4n) is 3.28. The highest BCUT2D eigenvalue weighted by molar-refractivity contribution is 7.20. The minimum Gasteiger partial charge on any atom is -0.462 e. The van der Waals surface area contributed by atoms with Crippen LogP contribution in [0.4, 0.5) is 0 Å². The first-order chi connectivity index (χ1) is 11.9. The third-order valence-electron chi connectivity index (χ3n) is 4.18. The van der Waals surface area contributed by atoms with Crippen LogP contribution in [0, 0.1) is 6.92 Å². The Bertz CT molecular complexity index is 834. The number of H-pyrrole nitrogens is 1. The first kappa shape index (κ1) is 18.0. The third kappa shape index (κ3) is 3.75. The zero-order chi connectivity index (χ0) is 18.1. The van der Waals surface area contributed by atoms with E-state index in [1.54, 1.807) is 13.8 Å². The zero-order valence-corrected chi connectivity index (χ0v) is 15.7. The van der Waals surface area contributed by atoms with Crippen LogP contribution in [0.25, 0.3) is 10.2 Å². The van der Waals surface area contributed by atoms with Crippen molar-refractivity contribution in [2.24, 2.45) is 0 Å². The van der Waals surface area contributed by atoms with E-state index < -0.39 is 5.97 Å². The molecule has 0 saturated carbocycles. The Morgan fingerprint density at radius 3 is 2.72 bits per heavy atom. The van der Waals surface area contributed by atoms with Gasteiger partial charge in [-0.05, 0) is 33.3 Å². The van der Waals surface area contributed by atoms with E-state index in [2.05, 4.69) is 14.9 Å². The van der Waals surface area contributed by atoms with E-state index in [0.717, 1.165) is 13.1 Å². The van der Waals surface area contributed by atoms with E-state index in [1.165, 1.54) is 11.3 Å². The summed E-state index contributed by atoms with van der Waals surface area (Å²) in [5, 5.41) is 0.473. The number of hydrogen-bond donors (Lipinski definition) is 1. The van der Waals surface area contributed by atoms with Crippen molar-refractivity contribution in [2.45, 2.75) is 46.4 Å². The lowest BCUT2D eigenvalue weighted by Gasteiger charge is -2.34. The second-order valence-corrected chi connectivity index (χ2v) is 7.42. The van der Waals surface area contributed by atoms with Gasteiger partial charge >= 0.3 is 5.97 Å². The van der Waals surface area contributed by atoms with Crippen molar-refractivity contribution in [1.82, 2.24) is 14.9 Å². The summed E-state index contributed by atoms with van der Waals surface area (Å²) in [4.78, 5) is 35.2. The minimum absolute atomic E-state index is 0.151. The number of ether oxygens (including phenoxy) is 2. The highest BCUT2D eigenvalue weighted by atomic mass is 32.1. The number of aromatic amines is 1. The van der Waals surface area contributed by atoms with Gasteiger partial charge in [0, 0.05) is 13.1 Å². The molecule has 0 radical (unpaired) electrons. The predicted octanol–water partition coefficient (Wildman–Crippen LogP) is 2.08. The van der Waals surface area contributed by atoms with Gasteiger partial charge < -0.3 is 14.5 Å². The number of morpholine rings is 1. The lowest BCUT2D eigenvalue weighted by Crippen LogP contribution is -2.45. The number of rotatable bonds is 4. The molecule has 25 heavy (non-hydrogen) atoms. The van der Waals surface area contributed by atoms with Crippen LogP contribution in [-0.4, -0.2) is 52.7 Å². The van der Waals surface area contributed by atoms with Gasteiger partial charge in [-0.2, -0.15) is 0 Å². The van der Waals surface area contributed by atoms with E-state index in [4.69, 9.17) is 9.47 Å². The van der Waals surface area contributed by atoms with E-state index >= 15 is 0 Å². The predicted molar refractivity (Wildman–Crippen MR) is 96.2 cm³/mol. The lowest BCUT2D eigenvalue weighted by molar-refractivity contribution is -0.0710. The van der Waals surface area contributed by atoms with Crippen molar-refractivity contribution in [3.8, 4) is 0 Å². The van der Waals surface area contributed by atoms with Crippen LogP contribution in [0.3, 0.4) is 0 Å². The molecule has 0 aromatic carbocycles. The number of esters is 1. The molecule has 1 aliphatic rings. The summed E-state index contributed by atoms with van der Waals surface area (Å²) in [5.41, 5.74) is 0.422. The van der Waals surface area contributed by atoms with E-state index in [0.29, 0.717) is 39.6 Å². The molecule has 1 N–H and O–H groups in total. The molecule has 3 rings (SSSR count). The van der Waals surface area contributed by atoms with Crippen molar-refractivity contribution < 1.29 is 14.3 Å². The summed E-state index contributed by atoms with van der Waals surface area (Å²) in [6, 6.07) is 0. The number of carbonyl (C=O) groups is 1. The molecule has 8 heteroatoms. The summed E-state index contributed by atoms with van der Waals surface area (Å²) in [5.74, 6) is 0.204. The van der Waals surface area contributed by atoms with Gasteiger partial charge in [-0.1, -0.05) is 0 Å². The number of nitrogens with one attached hydrogen (secondary N) is 1. The molecule has 0 amide bonds. The maximum absolute atomic E-state index is 12.5. The SMILES string of the molecule is CCOC(=O)c1sc2nc(CN3C[C@@H](C)O[C@H](C)C3)[nH]c(=O)c2c1C. The highest BCUT2D eigenvalue weighted by Crippen LogP contribution is 2.27. The summed E-state index contributed by atoms with van der Waals surface area (Å²) in [7, 11) is 0.